The number of esters is 2. The van der Waals surface area contributed by atoms with E-state index in [4.69, 9.17) is 29.4 Å². The number of aliphatic hydroxyl groups excluding tert-OH is 2. The van der Waals surface area contributed by atoms with Crippen LogP contribution in [0.5, 0.6) is 0 Å². The van der Waals surface area contributed by atoms with Crippen LogP contribution in [0.15, 0.2) is 72.4 Å². The van der Waals surface area contributed by atoms with Gasteiger partial charge in [-0.1, -0.05) is 77.5 Å². The van der Waals surface area contributed by atoms with E-state index in [0.29, 0.717) is 55.3 Å². The number of amides is 9. The zero-order valence-corrected chi connectivity index (χ0v) is 53.8. The number of hydrogen-bond acceptors (Lipinski definition) is 18. The first-order valence-electron chi connectivity index (χ1n) is 31.6. The molecule has 0 aliphatic carbocycles. The minimum Gasteiger partial charge on any atom is -0.457 e. The number of carbonyl (C=O) groups is 10. The molecule has 3 fully saturated rings. The van der Waals surface area contributed by atoms with Crippen LogP contribution in [0, 0.1) is 17.8 Å². The number of piperazine rings is 1. The summed E-state index contributed by atoms with van der Waals surface area (Å²) in [4.78, 5) is 133. The number of imide groups is 1. The van der Waals surface area contributed by atoms with Crippen LogP contribution in [0.4, 0.5) is 20.1 Å². The van der Waals surface area contributed by atoms with E-state index in [2.05, 4.69) is 21.3 Å². The van der Waals surface area contributed by atoms with Crippen LogP contribution < -0.4 is 27.0 Å². The van der Waals surface area contributed by atoms with Crippen molar-refractivity contribution in [3.63, 3.8) is 0 Å². The Balaban J connectivity index is 1.02. The van der Waals surface area contributed by atoms with Crippen molar-refractivity contribution >= 4 is 65.4 Å². The molecule has 9 amide bonds. The molecule has 502 valence electrons. The van der Waals surface area contributed by atoms with Crippen LogP contribution in [-0.4, -0.2) is 188 Å². The fourth-order valence-electron chi connectivity index (χ4n) is 11.9. The number of carbonyl (C=O) groups excluding carboxylic acids is 10. The quantitative estimate of drug-likeness (QED) is 0.0105. The maximum atomic E-state index is 14.2. The molecule has 1 aromatic rings. The van der Waals surface area contributed by atoms with E-state index in [-0.39, 0.29) is 113 Å². The van der Waals surface area contributed by atoms with Gasteiger partial charge in [0.2, 0.25) is 17.7 Å². The highest BCUT2D eigenvalue weighted by Gasteiger charge is 2.51. The number of benzene rings is 1. The number of rotatable bonds is 28. The molecule has 0 unspecified atom stereocenters. The van der Waals surface area contributed by atoms with Crippen LogP contribution in [-0.2, 0) is 63.9 Å². The molecule has 6 rings (SSSR count). The third-order valence-corrected chi connectivity index (χ3v) is 17.3. The molecule has 9 N–H and O–H groups in total. The van der Waals surface area contributed by atoms with Gasteiger partial charge in [-0.15, -0.1) is 0 Å². The minimum atomic E-state index is -1.50. The van der Waals surface area contributed by atoms with Gasteiger partial charge < -0.3 is 75.8 Å². The number of aliphatic hydroxyl groups is 3. The van der Waals surface area contributed by atoms with Crippen molar-refractivity contribution in [1.29, 1.82) is 0 Å². The number of fused-ring (bicyclic) bond motifs is 2. The third-order valence-electron chi connectivity index (χ3n) is 17.3. The Morgan fingerprint density at radius 1 is 0.912 bits per heavy atom. The van der Waals surface area contributed by atoms with E-state index in [1.165, 1.54) is 24.0 Å². The van der Waals surface area contributed by atoms with Gasteiger partial charge >= 0.3 is 30.2 Å². The van der Waals surface area contributed by atoms with E-state index in [9.17, 15) is 63.3 Å². The number of nitrogens with two attached hydrogens (primary N) is 1. The number of unbranched alkanes of at least 4 members (excludes halogenated alkanes) is 2. The Morgan fingerprint density at radius 3 is 2.21 bits per heavy atom. The molecule has 5 heterocycles. The van der Waals surface area contributed by atoms with Gasteiger partial charge in [-0.2, -0.15) is 0 Å². The number of primary amides is 1. The summed E-state index contributed by atoms with van der Waals surface area (Å²) in [7, 11) is 0. The zero-order valence-electron chi connectivity index (χ0n) is 53.8. The molecule has 0 radical (unpaired) electrons. The maximum Gasteiger partial charge on any atom is 0.410 e. The van der Waals surface area contributed by atoms with Gasteiger partial charge in [0.05, 0.1) is 48.5 Å². The first kappa shape index (κ1) is 72.4. The van der Waals surface area contributed by atoms with Gasteiger partial charge in [0, 0.05) is 75.6 Å². The van der Waals surface area contributed by atoms with E-state index in [1.54, 1.807) is 101 Å². The highest BCUT2D eigenvalue weighted by molar-refractivity contribution is 6.12. The van der Waals surface area contributed by atoms with E-state index < -0.39 is 108 Å². The summed E-state index contributed by atoms with van der Waals surface area (Å²) in [6, 6.07) is 2.79. The molecule has 3 saturated heterocycles. The summed E-state index contributed by atoms with van der Waals surface area (Å²) >= 11 is 0. The van der Waals surface area contributed by atoms with Gasteiger partial charge in [0.15, 0.2) is 6.10 Å². The van der Waals surface area contributed by atoms with Gasteiger partial charge in [-0.05, 0) is 107 Å². The van der Waals surface area contributed by atoms with Gasteiger partial charge in [-0.25, -0.2) is 14.4 Å². The van der Waals surface area contributed by atoms with Crippen molar-refractivity contribution < 1.29 is 86.9 Å². The Morgan fingerprint density at radius 2 is 1.58 bits per heavy atom. The SMILES string of the molecule is CC[C@H](O)[C@@H](C)[C@H]1O[C@@H]1C[C@@](C)(O)/C=C/C=C(\C)[C@H]1OC(=O)C[C@H](O)CC[C@@](C)(OC(C)=O)[C@@H](OC(=O)N2C[C@H]3C[C@H]2CN3C(=O)OCc2ccc(NC(=O)[C@H](CCCNC(N)=O)NC(=O)[C@@H](NC(=O)CCCCCN3C(=O)C=CC3=O)C(C)C)cc2)/C=C/[C@@H]1C. The molecule has 0 spiro atoms. The molecule has 14 atom stereocenters. The lowest BCUT2D eigenvalue weighted by molar-refractivity contribution is -0.168. The Bertz CT molecular complexity index is 2880. The van der Waals surface area contributed by atoms with E-state index in [0.717, 1.165) is 4.90 Å². The number of nitrogens with zero attached hydrogens (tertiary/aromatic N) is 3. The summed E-state index contributed by atoms with van der Waals surface area (Å²) in [5.74, 6) is -4.62. The smallest absolute Gasteiger partial charge is 0.410 e. The van der Waals surface area contributed by atoms with Gasteiger partial charge in [-0.3, -0.25) is 38.5 Å². The number of ether oxygens (including phenoxy) is 5. The molecule has 26 nitrogen and oxygen atoms in total. The summed E-state index contributed by atoms with van der Waals surface area (Å²) in [6.07, 6.45) is 8.19. The Hall–Kier alpha value is -7.68. The summed E-state index contributed by atoms with van der Waals surface area (Å²) in [5, 5.41) is 43.3. The average molecular weight is 1280 g/mol. The Kier molecular flexibility index (Phi) is 26.3. The lowest BCUT2D eigenvalue weighted by Gasteiger charge is -2.38. The van der Waals surface area contributed by atoms with Crippen LogP contribution in [0.3, 0.4) is 0 Å². The highest BCUT2D eigenvalue weighted by Crippen LogP contribution is 2.38. The van der Waals surface area contributed by atoms with Crippen LogP contribution in [0.2, 0.25) is 0 Å². The lowest BCUT2D eigenvalue weighted by Crippen LogP contribution is -2.54. The van der Waals surface area contributed by atoms with Crippen molar-refractivity contribution in [2.75, 3.05) is 31.5 Å². The summed E-state index contributed by atoms with van der Waals surface area (Å²) in [6.45, 7) is 15.8. The van der Waals surface area contributed by atoms with Crippen molar-refractivity contribution in [1.82, 2.24) is 30.7 Å². The number of anilines is 1. The number of allylic oxidation sites excluding steroid dienone is 2. The second-order valence-corrected chi connectivity index (χ2v) is 25.4. The monoisotopic (exact) mass is 1270 g/mol. The average Bonchev–Trinajstić information content (AvgIpc) is 1.69. The normalized spacial score (nSPS) is 26.5. The van der Waals surface area contributed by atoms with Crippen LogP contribution in [0.25, 0.3) is 0 Å². The van der Waals surface area contributed by atoms with Crippen LogP contribution in [0.1, 0.15) is 145 Å². The largest absolute Gasteiger partial charge is 0.457 e. The number of likely N-dealkylation sites (tertiary alicyclic amines) is 2. The standard InChI is InChI=1S/C65H94N8O18/c1-10-49(76)41(6)58-50(88-58)34-64(8,86)28-14-16-39(4)57-40(5)19-24-51(65(9,91-42(7)74)29-27-47(75)33-55(80)90-57)89-63(85)73-36-45-32-46(73)35-72(45)62(84)87-37-43-20-22-44(23-21-43)68-59(81)48(17-15-30-67-61(66)83)69-60(82)56(38(2)3)70-52(77)18-12-11-13-31-71-53(78)25-26-54(71)79/h14,16,19-26,28,38,40-41,45-51,56-58,75-76,86H,10-13,15,17-18,27,29-37H2,1-9H3,(H,68,81)(H,69,82)(H,70,77)(H3,66,67,83)/b24-19+,28-14+,39-16+/t40-,41+,45+,46-,47+,48-,49-,50+,51-,56-,57+,58+,64-,65+/m0/s1. The predicted molar refractivity (Wildman–Crippen MR) is 331 cm³/mol. The van der Waals surface area contributed by atoms with Crippen molar-refractivity contribution in [3.8, 4) is 0 Å². The van der Waals surface area contributed by atoms with Gasteiger partial charge in [0.25, 0.3) is 11.8 Å². The molecule has 1 aromatic carbocycles. The topological polar surface area (TPSA) is 365 Å². The maximum absolute atomic E-state index is 14.2. The van der Waals surface area contributed by atoms with Crippen LogP contribution >= 0.6 is 0 Å². The molecule has 5 aliphatic rings. The van der Waals surface area contributed by atoms with Crippen molar-refractivity contribution in [2.24, 2.45) is 23.5 Å². The molecule has 91 heavy (non-hydrogen) atoms. The molecular formula is C65H94N8O18. The summed E-state index contributed by atoms with van der Waals surface area (Å²) in [5.41, 5.74) is 4.02. The fraction of sp³-hybridized carbons (Fsp3) is 0.631. The minimum absolute atomic E-state index is 0.000682. The van der Waals surface area contributed by atoms with Gasteiger partial charge in [0.1, 0.15) is 30.4 Å². The van der Waals surface area contributed by atoms with Crippen molar-refractivity contribution in [2.45, 2.75) is 218 Å². The fourth-order valence-corrected chi connectivity index (χ4v) is 11.9. The molecule has 0 saturated carbocycles. The third kappa shape index (κ3) is 21.5. The van der Waals surface area contributed by atoms with Crippen molar-refractivity contribution in [3.05, 3.63) is 77.9 Å². The lowest BCUT2D eigenvalue weighted by atomic mass is 9.88. The molecule has 5 aliphatic heterocycles. The number of hydrogen-bond donors (Lipinski definition) is 8. The first-order chi connectivity index (χ1) is 43.0. The molecule has 0 aromatic heterocycles. The molecular weight excluding hydrogens is 1180 g/mol. The number of cyclic esters (lactones) is 1. The van der Waals surface area contributed by atoms with E-state index in [1.807, 2.05) is 13.8 Å². The first-order valence-corrected chi connectivity index (χ1v) is 31.6. The zero-order chi connectivity index (χ0) is 66.9. The molecule has 26 heteroatoms. The predicted octanol–water partition coefficient (Wildman–Crippen LogP) is 4.87. The highest BCUT2D eigenvalue weighted by atomic mass is 16.6. The Labute approximate surface area is 532 Å². The number of urea groups is 1. The number of nitrogens with one attached hydrogen (secondary N) is 4. The summed E-state index contributed by atoms with van der Waals surface area (Å²) < 4.78 is 29.6. The second-order valence-electron chi connectivity index (χ2n) is 25.4. The molecule has 2 bridgehead atoms. The second kappa shape index (κ2) is 33.1. The van der Waals surface area contributed by atoms with E-state index >= 15 is 0 Å². The number of epoxide rings is 1.